The summed E-state index contributed by atoms with van der Waals surface area (Å²) in [5, 5.41) is 3.43. The number of likely N-dealkylation sites (tertiary alicyclic amines) is 1. The van der Waals surface area contributed by atoms with Crippen LogP contribution in [0.5, 0.6) is 11.5 Å². The molecule has 1 aliphatic carbocycles. The molecule has 3 aromatic rings. The second-order valence-corrected chi connectivity index (χ2v) is 10.5. The van der Waals surface area contributed by atoms with Crippen molar-refractivity contribution in [1.29, 1.82) is 0 Å². The summed E-state index contributed by atoms with van der Waals surface area (Å²) < 4.78 is 10.7. The summed E-state index contributed by atoms with van der Waals surface area (Å²) in [4.78, 5) is 33.9. The molecule has 0 bridgehead atoms. The van der Waals surface area contributed by atoms with Crippen LogP contribution in [0.15, 0.2) is 48.5 Å². The molecule has 3 heterocycles. The van der Waals surface area contributed by atoms with Crippen LogP contribution in [0.25, 0.3) is 0 Å². The van der Waals surface area contributed by atoms with Gasteiger partial charge in [-0.3, -0.25) is 14.9 Å². The lowest BCUT2D eigenvalue weighted by Crippen LogP contribution is -2.41. The molecule has 2 aliphatic heterocycles. The number of nitrogens with zero attached hydrogens (tertiary/aromatic N) is 2. The zero-order chi connectivity index (χ0) is 23.8. The first kappa shape index (κ1) is 22.1. The summed E-state index contributed by atoms with van der Waals surface area (Å²) in [6, 6.07) is 15.7. The molecule has 0 spiro atoms. The number of amides is 2. The van der Waals surface area contributed by atoms with Crippen molar-refractivity contribution in [3.05, 3.63) is 70.2 Å². The summed E-state index contributed by atoms with van der Waals surface area (Å²) in [7, 11) is 0. The normalized spacial score (nSPS) is 19.0. The molecule has 8 heteroatoms. The topological polar surface area (TPSA) is 80.8 Å². The number of ether oxygens (including phenoxy) is 2. The van der Waals surface area contributed by atoms with E-state index >= 15 is 0 Å². The van der Waals surface area contributed by atoms with E-state index < -0.39 is 0 Å². The third-order valence-corrected chi connectivity index (χ3v) is 8.21. The van der Waals surface area contributed by atoms with Crippen molar-refractivity contribution >= 4 is 28.3 Å². The highest BCUT2D eigenvalue weighted by Crippen LogP contribution is 2.40. The molecule has 0 saturated carbocycles. The third-order valence-electron chi connectivity index (χ3n) is 7.16. The number of nitrogens with one attached hydrogen (secondary N) is 1. The van der Waals surface area contributed by atoms with Crippen LogP contribution in [0.3, 0.4) is 0 Å². The second kappa shape index (κ2) is 9.34. The molecule has 7 nitrogen and oxygen atoms in total. The number of rotatable bonds is 5. The number of hydrogen-bond donors (Lipinski definition) is 1. The molecule has 1 N–H and O–H groups in total. The van der Waals surface area contributed by atoms with Crippen molar-refractivity contribution in [2.45, 2.75) is 38.0 Å². The van der Waals surface area contributed by atoms with E-state index in [1.165, 1.54) is 16.9 Å². The number of hydrogen-bond acceptors (Lipinski definition) is 6. The van der Waals surface area contributed by atoms with Crippen LogP contribution >= 0.6 is 11.3 Å². The molecule has 1 fully saturated rings. The minimum absolute atomic E-state index is 0.166. The van der Waals surface area contributed by atoms with E-state index in [1.54, 1.807) is 18.2 Å². The van der Waals surface area contributed by atoms with E-state index in [9.17, 15) is 9.59 Å². The summed E-state index contributed by atoms with van der Waals surface area (Å²) in [5.41, 5.74) is 2.69. The number of thiazole rings is 1. The largest absolute Gasteiger partial charge is 0.454 e. The predicted molar refractivity (Wildman–Crippen MR) is 133 cm³/mol. The second-order valence-electron chi connectivity index (χ2n) is 9.40. The first-order chi connectivity index (χ1) is 17.1. The van der Waals surface area contributed by atoms with Crippen molar-refractivity contribution in [2.24, 2.45) is 5.92 Å². The van der Waals surface area contributed by atoms with Crippen LogP contribution in [-0.2, 0) is 17.6 Å². The Morgan fingerprint density at radius 3 is 2.66 bits per heavy atom. The number of carbonyl (C=O) groups is 2. The van der Waals surface area contributed by atoms with Crippen molar-refractivity contribution in [1.82, 2.24) is 9.88 Å². The smallest absolute Gasteiger partial charge is 0.257 e. The van der Waals surface area contributed by atoms with E-state index in [0.717, 1.165) is 55.8 Å². The van der Waals surface area contributed by atoms with Gasteiger partial charge in [0.15, 0.2) is 16.6 Å². The lowest BCUT2D eigenvalue weighted by molar-refractivity contribution is -0.134. The Morgan fingerprint density at radius 1 is 1.03 bits per heavy atom. The van der Waals surface area contributed by atoms with Gasteiger partial charge in [0.25, 0.3) is 5.91 Å². The molecule has 1 aromatic heterocycles. The standard InChI is InChI=1S/C27H27N3O4S/c31-25(19-6-8-21-22(15-19)34-16-33-21)29-27-28-24-20(7-9-23(24)35-27)26(32)30-12-10-18(11-13-30)14-17-4-2-1-3-5-17/h1-6,8,15,18,20H,7,9-14,16H2,(H,28,29,31). The van der Waals surface area contributed by atoms with Gasteiger partial charge in [-0.2, -0.15) is 0 Å². The Hall–Kier alpha value is -3.39. The van der Waals surface area contributed by atoms with Crippen molar-refractivity contribution in [3.63, 3.8) is 0 Å². The van der Waals surface area contributed by atoms with E-state index in [0.29, 0.717) is 28.1 Å². The average molecular weight is 490 g/mol. The monoisotopic (exact) mass is 489 g/mol. The Labute approximate surface area is 208 Å². The fourth-order valence-corrected chi connectivity index (χ4v) is 6.29. The van der Waals surface area contributed by atoms with Gasteiger partial charge in [-0.05, 0) is 61.8 Å². The fraction of sp³-hybridized carbons (Fsp3) is 0.370. The lowest BCUT2D eigenvalue weighted by atomic mass is 9.89. The first-order valence-corrected chi connectivity index (χ1v) is 13.0. The van der Waals surface area contributed by atoms with Gasteiger partial charge in [0.2, 0.25) is 12.7 Å². The SMILES string of the molecule is O=C(Nc1nc2c(s1)CCC2C(=O)N1CCC(Cc2ccccc2)CC1)c1ccc2c(c1)OCO2. The number of fused-ring (bicyclic) bond motifs is 2. The van der Waals surface area contributed by atoms with Gasteiger partial charge < -0.3 is 14.4 Å². The molecule has 180 valence electrons. The van der Waals surface area contributed by atoms with Gasteiger partial charge in [0.05, 0.1) is 11.6 Å². The van der Waals surface area contributed by atoms with Gasteiger partial charge in [-0.15, -0.1) is 11.3 Å². The highest BCUT2D eigenvalue weighted by Gasteiger charge is 2.36. The van der Waals surface area contributed by atoms with Crippen LogP contribution in [0.1, 0.15) is 51.7 Å². The van der Waals surface area contributed by atoms with Crippen molar-refractivity contribution in [2.75, 3.05) is 25.2 Å². The molecule has 3 aliphatic rings. The molecular formula is C27H27N3O4S. The van der Waals surface area contributed by atoms with Crippen LogP contribution < -0.4 is 14.8 Å². The Morgan fingerprint density at radius 2 is 1.83 bits per heavy atom. The molecule has 1 unspecified atom stereocenters. The minimum Gasteiger partial charge on any atom is -0.454 e. The molecule has 0 radical (unpaired) electrons. The van der Waals surface area contributed by atoms with Crippen LogP contribution in [0.2, 0.25) is 0 Å². The van der Waals surface area contributed by atoms with Crippen LogP contribution in [-0.4, -0.2) is 41.6 Å². The number of anilines is 1. The Bertz CT molecular complexity index is 1250. The Kier molecular flexibility index (Phi) is 5.90. The number of aryl methyl sites for hydroxylation is 1. The van der Waals surface area contributed by atoms with Crippen LogP contribution in [0.4, 0.5) is 5.13 Å². The molecule has 1 saturated heterocycles. The third kappa shape index (κ3) is 4.50. The summed E-state index contributed by atoms with van der Waals surface area (Å²) >= 11 is 1.47. The predicted octanol–water partition coefficient (Wildman–Crippen LogP) is 4.64. The summed E-state index contributed by atoms with van der Waals surface area (Å²) in [5.74, 6) is 1.55. The number of aromatic nitrogens is 1. The minimum atomic E-state index is -0.251. The maximum atomic E-state index is 13.4. The number of carbonyl (C=O) groups excluding carboxylic acids is 2. The van der Waals surface area contributed by atoms with Crippen LogP contribution in [0, 0.1) is 5.92 Å². The van der Waals surface area contributed by atoms with Gasteiger partial charge >= 0.3 is 0 Å². The van der Waals surface area contributed by atoms with Gasteiger partial charge in [-0.25, -0.2) is 4.98 Å². The lowest BCUT2D eigenvalue weighted by Gasteiger charge is -2.33. The number of piperidine rings is 1. The average Bonchev–Trinajstić information content (AvgIpc) is 3.60. The molecule has 35 heavy (non-hydrogen) atoms. The summed E-state index contributed by atoms with van der Waals surface area (Å²) in [6.07, 6.45) is 4.78. The van der Waals surface area contributed by atoms with Crippen molar-refractivity contribution in [3.8, 4) is 11.5 Å². The number of benzene rings is 2. The highest BCUT2D eigenvalue weighted by molar-refractivity contribution is 7.16. The van der Waals surface area contributed by atoms with Gasteiger partial charge in [0.1, 0.15) is 0 Å². The van der Waals surface area contributed by atoms with E-state index in [2.05, 4.69) is 34.6 Å². The molecule has 1 atom stereocenters. The van der Waals surface area contributed by atoms with E-state index in [1.807, 2.05) is 11.0 Å². The quantitative estimate of drug-likeness (QED) is 0.565. The molecule has 6 rings (SSSR count). The molecule has 2 aromatic carbocycles. The van der Waals surface area contributed by atoms with Crippen molar-refractivity contribution < 1.29 is 19.1 Å². The zero-order valence-corrected chi connectivity index (χ0v) is 20.2. The van der Waals surface area contributed by atoms with E-state index in [4.69, 9.17) is 9.47 Å². The highest BCUT2D eigenvalue weighted by atomic mass is 32.1. The molecule has 2 amide bonds. The van der Waals surface area contributed by atoms with Gasteiger partial charge in [0, 0.05) is 23.5 Å². The Balaban J connectivity index is 1.07. The molecular weight excluding hydrogens is 462 g/mol. The zero-order valence-electron chi connectivity index (χ0n) is 19.4. The summed E-state index contributed by atoms with van der Waals surface area (Å²) in [6.45, 7) is 1.78. The fourth-order valence-electron chi connectivity index (χ4n) is 5.25. The van der Waals surface area contributed by atoms with Gasteiger partial charge in [-0.1, -0.05) is 30.3 Å². The van der Waals surface area contributed by atoms with E-state index in [-0.39, 0.29) is 24.5 Å². The maximum absolute atomic E-state index is 13.4. The first-order valence-electron chi connectivity index (χ1n) is 12.2. The maximum Gasteiger partial charge on any atom is 0.257 e.